The third kappa shape index (κ3) is 8.63. The molecule has 0 saturated heterocycles. The molecule has 3 rings (SSSR count). The van der Waals surface area contributed by atoms with Gasteiger partial charge >= 0.3 is 0 Å². The molecule has 2 aromatic carbocycles. The molecule has 8 nitrogen and oxygen atoms in total. The highest BCUT2D eigenvalue weighted by Crippen LogP contribution is 2.27. The van der Waals surface area contributed by atoms with Crippen molar-refractivity contribution in [3.63, 3.8) is 0 Å². The Labute approximate surface area is 182 Å². The Morgan fingerprint density at radius 1 is 0.484 bits per heavy atom. The summed E-state index contributed by atoms with van der Waals surface area (Å²) in [6, 6.07) is 14.9. The summed E-state index contributed by atoms with van der Waals surface area (Å²) in [4.78, 5) is 0. The normalized spacial score (nSPS) is 18.4. The van der Waals surface area contributed by atoms with Crippen LogP contribution in [0.15, 0.2) is 48.5 Å². The fourth-order valence-corrected chi connectivity index (χ4v) is 2.81. The lowest BCUT2D eigenvalue weighted by molar-refractivity contribution is -0.0282. The standard InChI is InChI=1S/C23H30O8/c24-19-17-26-11-15-30-22-7-3-1-5-20(22)28-13-9-25-10-14-29-21-6-2-4-8-23(21)31-16-12-27-18-19/h1-8,19,24H,9-18H2. The zero-order valence-electron chi connectivity index (χ0n) is 17.6. The summed E-state index contributed by atoms with van der Waals surface area (Å²) in [5.41, 5.74) is 0. The molecule has 8 heteroatoms. The van der Waals surface area contributed by atoms with Crippen molar-refractivity contribution < 1.29 is 38.3 Å². The molecule has 0 spiro atoms. The van der Waals surface area contributed by atoms with E-state index < -0.39 is 6.10 Å². The van der Waals surface area contributed by atoms with Gasteiger partial charge in [-0.1, -0.05) is 24.3 Å². The lowest BCUT2D eigenvalue weighted by Gasteiger charge is -2.16. The molecule has 0 aromatic heterocycles. The zero-order chi connectivity index (χ0) is 21.6. The molecule has 1 aliphatic rings. The summed E-state index contributed by atoms with van der Waals surface area (Å²) in [6.45, 7) is 3.33. The Balaban J connectivity index is 1.53. The molecular weight excluding hydrogens is 404 g/mol. The van der Waals surface area contributed by atoms with Gasteiger partial charge in [-0.15, -0.1) is 0 Å². The van der Waals surface area contributed by atoms with Crippen molar-refractivity contribution in [3.05, 3.63) is 48.5 Å². The smallest absolute Gasteiger partial charge is 0.161 e. The van der Waals surface area contributed by atoms with Gasteiger partial charge in [-0.05, 0) is 24.3 Å². The SMILES string of the molecule is OC1COCCOc2ccccc2OCCOCCOc2ccccc2OCCOC1. The van der Waals surface area contributed by atoms with Gasteiger partial charge < -0.3 is 38.3 Å². The maximum atomic E-state index is 9.96. The van der Waals surface area contributed by atoms with E-state index in [0.717, 1.165) is 0 Å². The van der Waals surface area contributed by atoms with Gasteiger partial charge in [-0.3, -0.25) is 0 Å². The van der Waals surface area contributed by atoms with Crippen molar-refractivity contribution in [1.29, 1.82) is 0 Å². The highest BCUT2D eigenvalue weighted by molar-refractivity contribution is 5.40. The Hall–Kier alpha value is -2.52. The van der Waals surface area contributed by atoms with Gasteiger partial charge in [0.15, 0.2) is 23.0 Å². The monoisotopic (exact) mass is 434 g/mol. The van der Waals surface area contributed by atoms with E-state index in [1.165, 1.54) is 0 Å². The van der Waals surface area contributed by atoms with Gasteiger partial charge in [0, 0.05) is 0 Å². The topological polar surface area (TPSA) is 84.8 Å². The van der Waals surface area contributed by atoms with E-state index in [-0.39, 0.29) is 13.2 Å². The molecule has 0 atom stereocenters. The summed E-state index contributed by atoms with van der Waals surface area (Å²) in [5, 5.41) is 9.96. The minimum absolute atomic E-state index is 0.163. The van der Waals surface area contributed by atoms with Crippen LogP contribution >= 0.6 is 0 Å². The number of rotatable bonds is 0. The number of para-hydroxylation sites is 4. The fraction of sp³-hybridized carbons (Fsp3) is 0.478. The van der Waals surface area contributed by atoms with Crippen LogP contribution in [-0.2, 0) is 14.2 Å². The highest BCUT2D eigenvalue weighted by Gasteiger charge is 2.08. The van der Waals surface area contributed by atoms with Gasteiger partial charge in [0.25, 0.3) is 0 Å². The molecular formula is C23H30O8. The van der Waals surface area contributed by atoms with Crippen LogP contribution in [0.4, 0.5) is 0 Å². The van der Waals surface area contributed by atoms with Crippen LogP contribution in [0, 0.1) is 0 Å². The number of fused-ring (bicyclic) bond motifs is 2. The van der Waals surface area contributed by atoms with E-state index in [1.54, 1.807) is 0 Å². The fourth-order valence-electron chi connectivity index (χ4n) is 2.81. The van der Waals surface area contributed by atoms with Gasteiger partial charge in [0.1, 0.15) is 32.5 Å². The van der Waals surface area contributed by atoms with Crippen LogP contribution in [-0.4, -0.2) is 77.3 Å². The van der Waals surface area contributed by atoms with E-state index in [1.807, 2.05) is 48.5 Å². The van der Waals surface area contributed by atoms with Crippen LogP contribution in [0.1, 0.15) is 0 Å². The molecule has 31 heavy (non-hydrogen) atoms. The third-order valence-corrected chi connectivity index (χ3v) is 4.26. The highest BCUT2D eigenvalue weighted by atomic mass is 16.6. The first-order chi connectivity index (χ1) is 15.3. The third-order valence-electron chi connectivity index (χ3n) is 4.26. The first-order valence-electron chi connectivity index (χ1n) is 10.4. The summed E-state index contributed by atoms with van der Waals surface area (Å²) >= 11 is 0. The lowest BCUT2D eigenvalue weighted by Crippen LogP contribution is -2.24. The molecule has 1 heterocycles. The predicted octanol–water partition coefficient (Wildman–Crippen LogP) is 2.33. The molecule has 0 unspecified atom stereocenters. The second kappa shape index (κ2) is 13.7. The van der Waals surface area contributed by atoms with E-state index in [4.69, 9.17) is 33.2 Å². The van der Waals surface area contributed by atoms with Crippen LogP contribution in [0.5, 0.6) is 23.0 Å². The van der Waals surface area contributed by atoms with Gasteiger partial charge in [0.2, 0.25) is 0 Å². The average Bonchev–Trinajstić information content (AvgIpc) is 2.79. The summed E-state index contributed by atoms with van der Waals surface area (Å²) in [6.07, 6.45) is -0.718. The first kappa shape index (κ1) is 23.1. The molecule has 1 aliphatic heterocycles. The van der Waals surface area contributed by atoms with E-state index in [2.05, 4.69) is 0 Å². The Morgan fingerprint density at radius 2 is 0.806 bits per heavy atom. The number of hydrogen-bond donors (Lipinski definition) is 1. The predicted molar refractivity (Wildman–Crippen MR) is 113 cm³/mol. The Kier molecular flexibility index (Phi) is 10.2. The van der Waals surface area contributed by atoms with Crippen molar-refractivity contribution in [2.45, 2.75) is 6.10 Å². The van der Waals surface area contributed by atoms with Crippen molar-refractivity contribution >= 4 is 0 Å². The van der Waals surface area contributed by atoms with Crippen LogP contribution in [0.3, 0.4) is 0 Å². The minimum atomic E-state index is -0.718. The quantitative estimate of drug-likeness (QED) is 0.676. The zero-order valence-corrected chi connectivity index (χ0v) is 17.6. The van der Waals surface area contributed by atoms with E-state index >= 15 is 0 Å². The number of ether oxygens (including phenoxy) is 7. The Bertz CT molecular complexity index is 692. The second-order valence-corrected chi connectivity index (χ2v) is 6.70. The van der Waals surface area contributed by atoms with Crippen molar-refractivity contribution in [2.24, 2.45) is 0 Å². The number of aliphatic hydroxyl groups is 1. The van der Waals surface area contributed by atoms with Gasteiger partial charge in [0.05, 0.1) is 39.6 Å². The average molecular weight is 434 g/mol. The lowest BCUT2D eigenvalue weighted by atomic mass is 10.3. The van der Waals surface area contributed by atoms with Crippen LogP contribution in [0.25, 0.3) is 0 Å². The molecule has 0 fully saturated rings. The molecule has 2 aromatic rings. The Morgan fingerprint density at radius 3 is 1.16 bits per heavy atom. The van der Waals surface area contributed by atoms with Crippen molar-refractivity contribution in [3.8, 4) is 23.0 Å². The van der Waals surface area contributed by atoms with Crippen LogP contribution < -0.4 is 18.9 Å². The van der Waals surface area contributed by atoms with E-state index in [0.29, 0.717) is 75.9 Å². The largest absolute Gasteiger partial charge is 0.487 e. The van der Waals surface area contributed by atoms with Crippen molar-refractivity contribution in [2.75, 3.05) is 66.1 Å². The molecule has 1 N–H and O–H groups in total. The van der Waals surface area contributed by atoms with Gasteiger partial charge in [-0.2, -0.15) is 0 Å². The van der Waals surface area contributed by atoms with Crippen LogP contribution in [0.2, 0.25) is 0 Å². The summed E-state index contributed by atoms with van der Waals surface area (Å²) in [5.74, 6) is 2.56. The first-order valence-corrected chi connectivity index (χ1v) is 10.4. The molecule has 0 bridgehead atoms. The summed E-state index contributed by atoms with van der Waals surface area (Å²) < 4.78 is 39.5. The second-order valence-electron chi connectivity index (χ2n) is 6.70. The molecule has 0 saturated carbocycles. The summed E-state index contributed by atoms with van der Waals surface area (Å²) in [7, 11) is 0. The number of hydrogen-bond acceptors (Lipinski definition) is 8. The maximum absolute atomic E-state index is 9.96. The molecule has 170 valence electrons. The van der Waals surface area contributed by atoms with Gasteiger partial charge in [-0.25, -0.2) is 0 Å². The van der Waals surface area contributed by atoms with E-state index in [9.17, 15) is 5.11 Å². The maximum Gasteiger partial charge on any atom is 0.161 e. The number of benzene rings is 2. The number of aliphatic hydroxyl groups excluding tert-OH is 1. The van der Waals surface area contributed by atoms with Crippen molar-refractivity contribution in [1.82, 2.24) is 0 Å². The molecule has 0 aliphatic carbocycles. The molecule has 0 amide bonds. The molecule has 0 radical (unpaired) electrons. The minimum Gasteiger partial charge on any atom is -0.487 e.